The molecule has 0 aliphatic heterocycles. The van der Waals surface area contributed by atoms with E-state index in [1.165, 1.54) is 96.2 Å². The Morgan fingerprint density at radius 1 is 0.356 bits per heavy atom. The van der Waals surface area contributed by atoms with Gasteiger partial charge in [-0.25, -0.2) is 98.9 Å². The minimum atomic E-state index is -3.83. The first-order valence-corrected chi connectivity index (χ1v) is 51.2. The van der Waals surface area contributed by atoms with Crippen molar-refractivity contribution in [3.05, 3.63) is 194 Å². The number of nitrogens with two attached hydrogens (primary N) is 3. The number of para-hydroxylation sites is 2. The monoisotopic (exact) mass is 1950 g/mol. The molecule has 20 aromatic rings. The number of hydrogen-bond acceptors (Lipinski definition) is 32. The third kappa shape index (κ3) is 19.2. The summed E-state index contributed by atoms with van der Waals surface area (Å²) in [6, 6.07) is 46.3. The van der Waals surface area contributed by atoms with Crippen LogP contribution in [0.4, 0.5) is 54.1 Å². The highest BCUT2D eigenvalue weighted by Gasteiger charge is 2.24. The van der Waals surface area contributed by atoms with Crippen LogP contribution in [0.1, 0.15) is 44.9 Å². The van der Waals surface area contributed by atoms with Crippen LogP contribution in [0.3, 0.4) is 0 Å². The Bertz CT molecular complexity index is 8150. The maximum Gasteiger partial charge on any atom is 0.238 e. The van der Waals surface area contributed by atoms with Gasteiger partial charge in [0.15, 0.2) is 35.5 Å². The second kappa shape index (κ2) is 37.3. The number of imidazole rings is 5. The summed E-state index contributed by atoms with van der Waals surface area (Å²) in [5.74, 6) is 4.64. The van der Waals surface area contributed by atoms with E-state index in [1.54, 1.807) is 74.6 Å². The summed E-state index contributed by atoms with van der Waals surface area (Å²) in [7, 11) is -2.67. The van der Waals surface area contributed by atoms with Crippen LogP contribution < -0.4 is 60.9 Å². The zero-order valence-corrected chi connectivity index (χ0v) is 80.8. The van der Waals surface area contributed by atoms with E-state index in [0.29, 0.717) is 66.4 Å². The predicted molar refractivity (Wildman–Crippen MR) is 529 cm³/mol. The number of hydrogen-bond donors (Lipinski definition) is 8. The molecule has 10 aromatic carbocycles. The standard InChI is InChI=1S/C19H21N5O2S2.C19H20N4O3S2.C18H19N5O3S2.C16H15N5O3S2.C16H14N4OS/c1-11(2)8-12-4-5-13(28(20,25)26)9-15(12)22-19-23-17-16(27-19)7-6-14-18(17)24(3)10-21-14;1-5-23-11(2)20-13-7-9-16-17(18(13)23)22-19(27-16)21-14-10-12(28(4,24)25)6-8-15(14)26-3;1-4-23-10(2)20-12-6-8-15-16(17(12)23)22-18(27-15)21-13-9-11(28(19,24)25)5-7-14(13)26-3;1-21-8-18-10-4-6-13-14(15(10)21)20-16(25-13)19-11-7-9(26(17,22)23)3-5-12(11)24-2;1-20-9-17-11-7-8-13-14(15(11)20)19-16(22-13)18-10-5-3-4-6-12(10)21-2/h4-7,9-11H,8H2,1-3H3,(H,22,23)(H2,20,25,26);6-10H,5H2,1-4H3,(H,21,22);5-9H,4H2,1-3H3,(H,21,22)(H2,19,24,25);3-8H,1-2H3,(H,19,20)(H2,17,22,23);3-9H,1-2H3,(H,18,19). The van der Waals surface area contributed by atoms with E-state index in [-0.39, 0.29) is 19.6 Å². The highest BCUT2D eigenvalue weighted by atomic mass is 32.2. The number of nitrogens with zero attached hydrogens (tertiary/aromatic N) is 15. The van der Waals surface area contributed by atoms with Crippen LogP contribution in [-0.2, 0) is 80.6 Å². The topological polar surface area (TPSA) is 465 Å². The molecule has 0 spiro atoms. The summed E-state index contributed by atoms with van der Waals surface area (Å²) < 4.78 is 131. The molecule has 0 aliphatic rings. The van der Waals surface area contributed by atoms with E-state index in [4.69, 9.17) is 54.3 Å². The molecule has 0 atom stereocenters. The Morgan fingerprint density at radius 2 is 0.644 bits per heavy atom. The molecule has 35 nitrogen and oxygen atoms in total. The number of sulfone groups is 1. The van der Waals surface area contributed by atoms with Crippen molar-refractivity contribution in [1.29, 1.82) is 0 Å². The van der Waals surface area contributed by atoms with Gasteiger partial charge >= 0.3 is 0 Å². The van der Waals surface area contributed by atoms with Gasteiger partial charge in [0.2, 0.25) is 30.1 Å². The van der Waals surface area contributed by atoms with Gasteiger partial charge in [0.05, 0.1) is 168 Å². The predicted octanol–water partition coefficient (Wildman–Crippen LogP) is 17.8. The van der Waals surface area contributed by atoms with Gasteiger partial charge < -0.3 is 68.4 Å². The average molecular weight is 1950 g/mol. The number of rotatable bonds is 22. The van der Waals surface area contributed by atoms with Crippen molar-refractivity contribution in [2.45, 2.75) is 80.6 Å². The zero-order chi connectivity index (χ0) is 93.7. The number of methoxy groups -OCH3 is 4. The first kappa shape index (κ1) is 92.2. The normalized spacial score (nSPS) is 11.9. The lowest BCUT2D eigenvalue weighted by atomic mass is 10.0. The van der Waals surface area contributed by atoms with Crippen LogP contribution in [0.5, 0.6) is 23.0 Å². The molecule has 0 radical (unpaired) electrons. The Hall–Kier alpha value is -13.1. The Labute approximate surface area is 777 Å². The molecule has 0 saturated carbocycles. The first-order chi connectivity index (χ1) is 63.0. The van der Waals surface area contributed by atoms with Crippen molar-refractivity contribution < 1.29 is 52.6 Å². The molecule has 20 rings (SSSR count). The van der Waals surface area contributed by atoms with E-state index in [9.17, 15) is 33.7 Å². The number of benzene rings is 10. The summed E-state index contributed by atoms with van der Waals surface area (Å²) in [5, 5.41) is 35.4. The maximum absolute atomic E-state index is 11.9. The van der Waals surface area contributed by atoms with E-state index < -0.39 is 39.9 Å². The highest BCUT2D eigenvalue weighted by molar-refractivity contribution is 7.91. The third-order valence-corrected chi connectivity index (χ3v) is 29.7. The molecule has 132 heavy (non-hydrogen) atoms. The largest absolute Gasteiger partial charge is 0.495 e. The van der Waals surface area contributed by atoms with Crippen molar-refractivity contribution in [2.24, 2.45) is 42.5 Å². The van der Waals surface area contributed by atoms with E-state index >= 15 is 0 Å². The minimum Gasteiger partial charge on any atom is -0.495 e. The summed E-state index contributed by atoms with van der Waals surface area (Å²) in [4.78, 5) is 46.2. The van der Waals surface area contributed by atoms with Crippen LogP contribution in [-0.4, -0.2) is 141 Å². The number of anilines is 10. The van der Waals surface area contributed by atoms with Crippen molar-refractivity contribution in [1.82, 2.24) is 72.7 Å². The lowest BCUT2D eigenvalue weighted by molar-refractivity contribution is 0.416. The molecular formula is C88H89N23O12S9. The van der Waals surface area contributed by atoms with Gasteiger partial charge in [0, 0.05) is 46.2 Å². The number of aryl methyl sites for hydroxylation is 7. The average Bonchev–Trinajstić information content (AvgIpc) is 1.60. The Kier molecular flexibility index (Phi) is 26.0. The van der Waals surface area contributed by atoms with Gasteiger partial charge in [0.25, 0.3) is 0 Å². The van der Waals surface area contributed by atoms with Gasteiger partial charge in [-0.15, -0.1) is 0 Å². The van der Waals surface area contributed by atoms with Crippen molar-refractivity contribution in [3.8, 4) is 23.0 Å². The molecule has 10 aromatic heterocycles. The lowest BCUT2D eigenvalue weighted by Gasteiger charge is -2.13. The van der Waals surface area contributed by atoms with Gasteiger partial charge in [-0.1, -0.05) is 88.7 Å². The third-order valence-electron chi connectivity index (χ3n) is 21.2. The van der Waals surface area contributed by atoms with Gasteiger partial charge in [-0.05, 0) is 185 Å². The molecule has 0 fully saturated rings. The fraction of sp³-hybridized carbons (Fsp3) is 0.205. The number of primary sulfonamides is 3. The summed E-state index contributed by atoms with van der Waals surface area (Å²) in [6.45, 7) is 14.0. The van der Waals surface area contributed by atoms with E-state index in [2.05, 4.69) is 99.4 Å². The molecule has 0 amide bonds. The summed E-state index contributed by atoms with van der Waals surface area (Å²) in [5.41, 5.74) is 18.1. The molecule has 0 saturated heterocycles. The van der Waals surface area contributed by atoms with Crippen LogP contribution >= 0.6 is 56.7 Å². The number of aromatic nitrogens is 15. The van der Waals surface area contributed by atoms with Crippen LogP contribution in [0, 0.1) is 19.8 Å². The first-order valence-electron chi connectivity index (χ1n) is 40.6. The molecule has 682 valence electrons. The Morgan fingerprint density at radius 3 is 0.970 bits per heavy atom. The Balaban J connectivity index is 0.000000121. The van der Waals surface area contributed by atoms with Crippen LogP contribution in [0.25, 0.3) is 106 Å². The lowest BCUT2D eigenvalue weighted by Crippen LogP contribution is -2.13. The van der Waals surface area contributed by atoms with Crippen LogP contribution in [0.15, 0.2) is 196 Å². The zero-order valence-electron chi connectivity index (χ0n) is 73.5. The van der Waals surface area contributed by atoms with Gasteiger partial charge in [-0.2, -0.15) is 0 Å². The molecule has 11 N–H and O–H groups in total. The molecule has 10 heterocycles. The fourth-order valence-electron chi connectivity index (χ4n) is 15.1. The van der Waals surface area contributed by atoms with Crippen molar-refractivity contribution in [2.75, 3.05) is 61.3 Å². The van der Waals surface area contributed by atoms with Crippen LogP contribution in [0.2, 0.25) is 0 Å². The second-order valence-corrected chi connectivity index (χ2v) is 42.5. The number of fused-ring (bicyclic) bond motifs is 15. The fourth-order valence-corrected chi connectivity index (χ4v) is 21.8. The van der Waals surface area contributed by atoms with Crippen molar-refractivity contribution in [3.63, 3.8) is 0 Å². The van der Waals surface area contributed by atoms with Gasteiger partial charge in [0.1, 0.15) is 62.2 Å². The summed E-state index contributed by atoms with van der Waals surface area (Å²) >= 11 is 7.56. The molecule has 44 heteroatoms. The number of sulfonamides is 3. The minimum absolute atomic E-state index is 0.000939. The number of thiazole rings is 5. The molecular weight excluding hydrogens is 1860 g/mol. The van der Waals surface area contributed by atoms with E-state index in [0.717, 1.165) is 160 Å². The number of ether oxygens (including phenoxy) is 4. The summed E-state index contributed by atoms with van der Waals surface area (Å²) in [6.07, 6.45) is 7.32. The quantitative estimate of drug-likeness (QED) is 0.0312. The maximum atomic E-state index is 11.9. The van der Waals surface area contributed by atoms with Gasteiger partial charge in [-0.3, -0.25) is 0 Å². The smallest absolute Gasteiger partial charge is 0.238 e. The second-order valence-electron chi connectivity index (χ2n) is 30.6. The molecule has 0 bridgehead atoms. The number of nitrogens with one attached hydrogen (secondary N) is 5. The highest BCUT2D eigenvalue weighted by Crippen LogP contribution is 2.43. The molecule has 0 unspecified atom stereocenters. The van der Waals surface area contributed by atoms with Crippen molar-refractivity contribution >= 4 is 257 Å². The SMILES string of the molecule is CC(C)Cc1ccc(S(N)(=O)=O)cc1Nc1nc2c(ccc3ncn(C)c32)s1.CCn1c(C)nc2ccc3sc(Nc4cc(S(C)(=O)=O)ccc4OC)nc3c21.CCn1c(C)nc2ccc3sc(Nc4cc(S(N)(=O)=O)ccc4OC)nc3c21.COc1ccc(S(N)(=O)=O)cc1Nc1nc2c(ccc3ncn(C)c32)s1.COc1ccccc1Nc1nc2c(ccc3ncn(C)c32)s1. The molecule has 0 aliphatic carbocycles. The van der Waals surface area contributed by atoms with E-state index in [1.807, 2.05) is 140 Å².